The van der Waals surface area contributed by atoms with Gasteiger partial charge in [0.1, 0.15) is 5.58 Å². The predicted octanol–water partition coefficient (Wildman–Crippen LogP) is 45.9. The predicted molar refractivity (Wildman–Crippen MR) is 601 cm³/mol. The number of furan rings is 1. The van der Waals surface area contributed by atoms with Crippen LogP contribution in [0, 0.1) is 76.9 Å². The molecule has 16 rings (SSSR count). The van der Waals surface area contributed by atoms with Gasteiger partial charge in [-0.1, -0.05) is 545 Å². The number of hydrogen-bond acceptors (Lipinski definition) is 3. The first kappa shape index (κ1) is 152. The Morgan fingerprint density at radius 2 is 0.552 bits per heavy atom. The van der Waals surface area contributed by atoms with Crippen LogP contribution in [0.25, 0.3) is 27.1 Å². The minimum absolute atomic E-state index is 0.833. The summed E-state index contributed by atoms with van der Waals surface area (Å²) in [7, 11) is 0. The quantitative estimate of drug-likeness (QED) is 0.164. The molecule has 125 heavy (non-hydrogen) atoms. The van der Waals surface area contributed by atoms with E-state index in [2.05, 4.69) is 297 Å². The van der Waals surface area contributed by atoms with Crippen molar-refractivity contribution < 1.29 is 9.15 Å². The summed E-state index contributed by atoms with van der Waals surface area (Å²) in [6, 6.07) is 37.7. The van der Waals surface area contributed by atoms with Crippen molar-refractivity contribution in [3.8, 4) is 0 Å². The summed E-state index contributed by atoms with van der Waals surface area (Å²) in [5.41, 5.74) is 6.93. The van der Waals surface area contributed by atoms with Crippen LogP contribution in [0.1, 0.15) is 522 Å². The van der Waals surface area contributed by atoms with Crippen molar-refractivity contribution in [2.75, 3.05) is 13.2 Å². The standard InChI is InChI=1S/C9H10.C9H8.C8H6O.C8H6S.C7H12.C6H12.C5H10O.2C5H10.C4H8.9C4H10.10C2H6/c2*1-2-5-9-7-3-6-8(9)4-1;2*1-2-4-8-7(3-1)5-6-9-8;1-2-6-4-7(3-1)5-6;1-5(2)6-3-4-6;1-2-4-6-5-3-1;2*1-2-4-5-3-1;1-2-4-3-1;9*1-4(2)3;10*1-2/h1-2,4-5H,3,6-7H2;1-6H,7H2;2*1-6H;6-7H,1-5H2;5-6H,3-4H2,1-2H3;1-5H2;2*1-5H2;1-4H2;9*4H,1-3H3;10*1-2H3. The molecule has 0 amide bonds. The van der Waals surface area contributed by atoms with E-state index in [1.807, 2.05) is 169 Å². The third kappa shape index (κ3) is 152. The van der Waals surface area contributed by atoms with Crippen molar-refractivity contribution >= 4 is 38.5 Å². The lowest BCUT2D eigenvalue weighted by molar-refractivity contribution is 0.0968. The van der Waals surface area contributed by atoms with E-state index in [-0.39, 0.29) is 0 Å². The molecule has 0 atom stereocenters. The Hall–Kier alpha value is -3.92. The van der Waals surface area contributed by atoms with E-state index in [4.69, 9.17) is 9.15 Å². The van der Waals surface area contributed by atoms with Gasteiger partial charge >= 0.3 is 0 Å². The number of thiophene rings is 1. The van der Waals surface area contributed by atoms with Crippen molar-refractivity contribution in [3.63, 3.8) is 0 Å². The van der Waals surface area contributed by atoms with Gasteiger partial charge in [-0.2, -0.15) is 0 Å². The molecule has 0 unspecified atom stereocenters. The Bertz CT molecular complexity index is 2340. The first-order valence-electron chi connectivity index (χ1n) is 53.9. The molecule has 0 radical (unpaired) electrons. The van der Waals surface area contributed by atoms with Gasteiger partial charge in [-0.25, -0.2) is 0 Å². The van der Waals surface area contributed by atoms with Crippen LogP contribution in [0.4, 0.5) is 0 Å². The Labute approximate surface area is 800 Å². The van der Waals surface area contributed by atoms with Crippen LogP contribution in [-0.2, 0) is 24.0 Å². The molecule has 1 saturated heterocycles. The average Bonchev–Trinajstić information content (AvgIpc) is 1.81. The van der Waals surface area contributed by atoms with E-state index in [1.54, 1.807) is 54.4 Å². The van der Waals surface area contributed by atoms with E-state index in [0.29, 0.717) is 0 Å². The molecule has 1 aliphatic heterocycles. The molecule has 7 saturated carbocycles. The van der Waals surface area contributed by atoms with Crippen LogP contribution in [0.3, 0.4) is 0 Å². The van der Waals surface area contributed by atoms with E-state index in [0.717, 1.165) is 95.7 Å². The zero-order chi connectivity index (χ0) is 100. The monoisotopic (exact) mass is 1770 g/mol. The van der Waals surface area contributed by atoms with Crippen molar-refractivity contribution in [2.45, 2.75) is 519 Å². The summed E-state index contributed by atoms with van der Waals surface area (Å²) < 4.78 is 11.6. The van der Waals surface area contributed by atoms with Crippen molar-refractivity contribution in [1.29, 1.82) is 0 Å². The molecule has 10 aliphatic rings. The molecule has 0 spiro atoms. The molecule has 3 heteroatoms. The molecule has 2 nitrogen and oxygen atoms in total. The van der Waals surface area contributed by atoms with Gasteiger partial charge in [0.25, 0.3) is 0 Å². The fraction of sp³-hybridized carbons (Fsp3) is 0.754. The number of fused-ring (bicyclic) bond motifs is 6. The summed E-state index contributed by atoms with van der Waals surface area (Å²) >= 11 is 1.79. The third-order valence-electron chi connectivity index (χ3n) is 15.1. The summed E-state index contributed by atoms with van der Waals surface area (Å²) in [6.07, 6.45) is 46.9. The molecule has 4 aromatic carbocycles. The highest BCUT2D eigenvalue weighted by molar-refractivity contribution is 7.17. The summed E-state index contributed by atoms with van der Waals surface area (Å²) in [4.78, 5) is 0. The van der Waals surface area contributed by atoms with E-state index >= 15 is 0 Å². The molecule has 0 N–H and O–H groups in total. The van der Waals surface area contributed by atoms with E-state index in [9.17, 15) is 0 Å². The largest absolute Gasteiger partial charge is 0.464 e. The number of ether oxygens (including phenoxy) is 1. The van der Waals surface area contributed by atoms with E-state index in [1.165, 1.54) is 181 Å². The highest BCUT2D eigenvalue weighted by Gasteiger charge is 2.32. The van der Waals surface area contributed by atoms with Crippen LogP contribution in [0.15, 0.2) is 131 Å². The molecule has 748 valence electrons. The molecule has 8 fully saturated rings. The summed E-state index contributed by atoms with van der Waals surface area (Å²) in [5, 5.41) is 4.63. The lowest BCUT2D eigenvalue weighted by Crippen LogP contribution is -2.28. The highest BCUT2D eigenvalue weighted by Crippen LogP contribution is 2.45. The van der Waals surface area contributed by atoms with Gasteiger partial charge in [0, 0.05) is 23.3 Å². The topological polar surface area (TPSA) is 22.4 Å². The molecular weight excluding hydrogens is 1530 g/mol. The first-order chi connectivity index (χ1) is 59.7. The van der Waals surface area contributed by atoms with Crippen LogP contribution in [-0.4, -0.2) is 13.2 Å². The minimum atomic E-state index is 0.833. The fourth-order valence-corrected chi connectivity index (χ4v) is 10.8. The molecule has 9 aliphatic carbocycles. The van der Waals surface area contributed by atoms with Crippen molar-refractivity contribution in [1.82, 2.24) is 0 Å². The van der Waals surface area contributed by atoms with Gasteiger partial charge in [0.2, 0.25) is 0 Å². The van der Waals surface area contributed by atoms with Crippen LogP contribution in [0.5, 0.6) is 0 Å². The lowest BCUT2D eigenvalue weighted by Gasteiger charge is -2.40. The number of aryl methyl sites for hydroxylation is 2. The number of allylic oxidation sites excluding steroid dienone is 1. The molecule has 2 aromatic heterocycles. The average molecular weight is 1770 g/mol. The first-order valence-corrected chi connectivity index (χ1v) is 54.8. The Kier molecular flexibility index (Phi) is 159. The number of hydrogen-bond donors (Lipinski definition) is 0. The van der Waals surface area contributed by atoms with Crippen LogP contribution >= 0.6 is 11.3 Å². The van der Waals surface area contributed by atoms with Crippen LogP contribution < -0.4 is 0 Å². The summed E-state index contributed by atoms with van der Waals surface area (Å²) in [5.74, 6) is 11.9. The SMILES string of the molecule is C1=Cc2ccccc2C1.C1CC2CC(C1)C2.C1CCC1.C1CCCC1.C1CCCC1.C1CCOCC1.CC.CC.CC.CC.CC.CC.CC.CC.CC.CC.CC(C)C.CC(C)C.CC(C)C.CC(C)C.CC(C)C.CC(C)C.CC(C)C.CC(C)C.CC(C)C.CC(C)C1CC1.c1ccc2c(c1)CCC2.c1ccc2occc2c1.c1ccc2sccc2c1. The molecule has 3 heterocycles. The van der Waals surface area contributed by atoms with Gasteiger partial charge < -0.3 is 9.15 Å². The number of benzene rings is 4. The minimum Gasteiger partial charge on any atom is -0.464 e. The van der Waals surface area contributed by atoms with Crippen LogP contribution in [0.2, 0.25) is 0 Å². The Morgan fingerprint density at radius 3 is 0.792 bits per heavy atom. The van der Waals surface area contributed by atoms with Gasteiger partial charge in [-0.3, -0.25) is 0 Å². The third-order valence-corrected chi connectivity index (χ3v) is 16.0. The Balaban J connectivity index is -0.0000000864. The molecule has 6 aromatic rings. The number of para-hydroxylation sites is 1. The van der Waals surface area contributed by atoms with Gasteiger partial charge in [-0.15, -0.1) is 11.3 Å². The lowest BCUT2D eigenvalue weighted by atomic mass is 9.65. The second-order valence-electron chi connectivity index (χ2n) is 36.8. The van der Waals surface area contributed by atoms with Crippen molar-refractivity contribution in [2.24, 2.45) is 76.9 Å². The Morgan fingerprint density at radius 1 is 0.272 bits per heavy atom. The van der Waals surface area contributed by atoms with E-state index < -0.39 is 0 Å². The summed E-state index contributed by atoms with van der Waals surface area (Å²) in [6.45, 7) is 105. The van der Waals surface area contributed by atoms with Gasteiger partial charge in [0.15, 0.2) is 0 Å². The second-order valence-corrected chi connectivity index (χ2v) is 37.7. The smallest absolute Gasteiger partial charge is 0.133 e. The second kappa shape index (κ2) is 131. The highest BCUT2D eigenvalue weighted by atomic mass is 32.1. The normalized spacial score (nSPS) is 14.3. The van der Waals surface area contributed by atoms with Gasteiger partial charge in [-0.05, 0) is 205 Å². The molecular formula is C122H242O2S. The fourth-order valence-electron chi connectivity index (χ4n) is 10.0. The van der Waals surface area contributed by atoms with Gasteiger partial charge in [0.05, 0.1) is 6.26 Å². The maximum atomic E-state index is 5.12. The molecule has 2 bridgehead atoms. The van der Waals surface area contributed by atoms with Crippen molar-refractivity contribution in [3.05, 3.63) is 149 Å². The number of rotatable bonds is 1. The maximum Gasteiger partial charge on any atom is 0.133 e. The maximum absolute atomic E-state index is 5.12. The zero-order valence-electron chi connectivity index (χ0n) is 95.6. The zero-order valence-corrected chi connectivity index (χ0v) is 96.5.